The van der Waals surface area contributed by atoms with Crippen molar-refractivity contribution in [3.63, 3.8) is 0 Å². The first-order valence-corrected chi connectivity index (χ1v) is 8.87. The van der Waals surface area contributed by atoms with Gasteiger partial charge in [-0.25, -0.2) is 4.79 Å². The van der Waals surface area contributed by atoms with Crippen LogP contribution in [0.25, 0.3) is 0 Å². The Morgan fingerprint density at radius 1 is 1.17 bits per heavy atom. The molecule has 1 saturated heterocycles. The van der Waals surface area contributed by atoms with Gasteiger partial charge in [0.25, 0.3) is 0 Å². The first-order valence-electron chi connectivity index (χ1n) is 8.87. The highest BCUT2D eigenvalue weighted by atomic mass is 16.2. The number of carbonyl (C=O) groups is 2. The molecule has 0 aliphatic carbocycles. The number of likely N-dealkylation sites (tertiary alicyclic amines) is 1. The normalized spacial score (nSPS) is 16.1. The summed E-state index contributed by atoms with van der Waals surface area (Å²) in [4.78, 5) is 25.7. The van der Waals surface area contributed by atoms with E-state index >= 15 is 0 Å². The molecule has 132 valence electrons. The van der Waals surface area contributed by atoms with Crippen molar-refractivity contribution >= 4 is 11.9 Å². The van der Waals surface area contributed by atoms with E-state index in [0.717, 1.165) is 32.4 Å². The highest BCUT2D eigenvalue weighted by Gasteiger charge is 2.21. The topological polar surface area (TPSA) is 61.4 Å². The molecule has 0 atom stereocenters. The van der Waals surface area contributed by atoms with Gasteiger partial charge in [0.2, 0.25) is 5.91 Å². The van der Waals surface area contributed by atoms with Crippen LogP contribution >= 0.6 is 0 Å². The summed E-state index contributed by atoms with van der Waals surface area (Å²) in [7, 11) is 0. The van der Waals surface area contributed by atoms with Gasteiger partial charge < -0.3 is 5.32 Å². The van der Waals surface area contributed by atoms with Gasteiger partial charge in [0.1, 0.15) is 0 Å². The molecule has 0 spiro atoms. The second-order valence-corrected chi connectivity index (χ2v) is 7.06. The average molecular weight is 331 g/mol. The molecule has 3 amide bonds. The van der Waals surface area contributed by atoms with Crippen molar-refractivity contribution < 1.29 is 9.59 Å². The Bertz CT molecular complexity index is 523. The molecule has 0 saturated carbocycles. The third kappa shape index (κ3) is 6.71. The van der Waals surface area contributed by atoms with Crippen molar-refractivity contribution in [2.75, 3.05) is 26.2 Å². The third-order valence-electron chi connectivity index (χ3n) is 4.37. The van der Waals surface area contributed by atoms with Crippen LogP contribution < -0.4 is 10.6 Å². The number of nitrogens with one attached hydrogen (secondary N) is 2. The molecule has 1 heterocycles. The van der Waals surface area contributed by atoms with E-state index < -0.39 is 6.03 Å². The Kier molecular flexibility index (Phi) is 7.25. The zero-order chi connectivity index (χ0) is 17.4. The quantitative estimate of drug-likeness (QED) is 0.841. The molecule has 0 aromatic heterocycles. The van der Waals surface area contributed by atoms with Crippen LogP contribution in [0.5, 0.6) is 0 Å². The molecule has 1 aliphatic heterocycles. The number of imide groups is 1. The van der Waals surface area contributed by atoms with Gasteiger partial charge in [0.05, 0.1) is 6.54 Å². The third-order valence-corrected chi connectivity index (χ3v) is 4.37. The van der Waals surface area contributed by atoms with E-state index in [1.165, 1.54) is 5.56 Å². The minimum atomic E-state index is -0.396. The number of nitrogens with zero attached hydrogens (tertiary/aromatic N) is 1. The molecule has 24 heavy (non-hydrogen) atoms. The molecule has 0 radical (unpaired) electrons. The Hall–Kier alpha value is -1.88. The summed E-state index contributed by atoms with van der Waals surface area (Å²) in [5.41, 5.74) is 1.38. The van der Waals surface area contributed by atoms with Gasteiger partial charge >= 0.3 is 6.03 Å². The zero-order valence-electron chi connectivity index (χ0n) is 14.8. The molecule has 1 aromatic rings. The number of rotatable bonds is 6. The second kappa shape index (κ2) is 9.42. The highest BCUT2D eigenvalue weighted by molar-refractivity contribution is 5.95. The number of amides is 3. The average Bonchev–Trinajstić information content (AvgIpc) is 2.56. The van der Waals surface area contributed by atoms with Crippen LogP contribution in [0.4, 0.5) is 4.79 Å². The van der Waals surface area contributed by atoms with Gasteiger partial charge in [-0.2, -0.15) is 0 Å². The molecule has 5 heteroatoms. The van der Waals surface area contributed by atoms with E-state index in [-0.39, 0.29) is 5.91 Å². The van der Waals surface area contributed by atoms with E-state index in [4.69, 9.17) is 0 Å². The maximum absolute atomic E-state index is 11.9. The van der Waals surface area contributed by atoms with E-state index in [9.17, 15) is 9.59 Å². The van der Waals surface area contributed by atoms with E-state index in [2.05, 4.69) is 39.8 Å². The molecule has 2 N–H and O–H groups in total. The molecule has 5 nitrogen and oxygen atoms in total. The van der Waals surface area contributed by atoms with Crippen molar-refractivity contribution in [1.82, 2.24) is 15.5 Å². The molecule has 0 bridgehead atoms. The van der Waals surface area contributed by atoms with Crippen molar-refractivity contribution in [3.8, 4) is 0 Å². The summed E-state index contributed by atoms with van der Waals surface area (Å²) >= 11 is 0. The molecular formula is C19H29N3O2. The summed E-state index contributed by atoms with van der Waals surface area (Å²) in [6, 6.07) is 10.2. The Labute approximate surface area is 144 Å². The summed E-state index contributed by atoms with van der Waals surface area (Å²) in [5, 5.41) is 5.10. The largest absolute Gasteiger partial charge is 0.338 e. The van der Waals surface area contributed by atoms with Crippen molar-refractivity contribution in [2.45, 2.75) is 33.1 Å². The number of hydrogen-bond acceptors (Lipinski definition) is 3. The zero-order valence-corrected chi connectivity index (χ0v) is 14.8. The number of urea groups is 1. The lowest BCUT2D eigenvalue weighted by Crippen LogP contribution is -2.46. The SMILES string of the molecule is CC(C)CNC(=O)NC(=O)CN1CCC(Cc2ccccc2)CC1. The van der Waals surface area contributed by atoms with Crippen molar-refractivity contribution in [2.24, 2.45) is 11.8 Å². The van der Waals surface area contributed by atoms with Crippen molar-refractivity contribution in [3.05, 3.63) is 35.9 Å². The maximum Gasteiger partial charge on any atom is 0.321 e. The number of carbonyl (C=O) groups excluding carboxylic acids is 2. The van der Waals surface area contributed by atoms with Crippen LogP contribution in [-0.4, -0.2) is 43.0 Å². The smallest absolute Gasteiger partial charge is 0.321 e. The number of hydrogen-bond donors (Lipinski definition) is 2. The highest BCUT2D eigenvalue weighted by Crippen LogP contribution is 2.21. The lowest BCUT2D eigenvalue weighted by Gasteiger charge is -2.31. The van der Waals surface area contributed by atoms with Crippen molar-refractivity contribution in [1.29, 1.82) is 0 Å². The van der Waals surface area contributed by atoms with Crippen LogP contribution in [0.3, 0.4) is 0 Å². The Morgan fingerprint density at radius 2 is 1.83 bits per heavy atom. The van der Waals surface area contributed by atoms with Crippen LogP contribution in [-0.2, 0) is 11.2 Å². The number of piperidine rings is 1. The van der Waals surface area contributed by atoms with Gasteiger partial charge in [-0.05, 0) is 49.8 Å². The molecule has 1 aliphatic rings. The predicted octanol–water partition coefficient (Wildman–Crippen LogP) is 2.42. The second-order valence-electron chi connectivity index (χ2n) is 7.06. The molecular weight excluding hydrogens is 302 g/mol. The van der Waals surface area contributed by atoms with Gasteiger partial charge in [0, 0.05) is 6.54 Å². The molecule has 1 fully saturated rings. The van der Waals surface area contributed by atoms with Crippen LogP contribution in [0.1, 0.15) is 32.3 Å². The fraction of sp³-hybridized carbons (Fsp3) is 0.579. The molecule has 2 rings (SSSR count). The van der Waals surface area contributed by atoms with E-state index in [1.807, 2.05) is 19.9 Å². The van der Waals surface area contributed by atoms with Gasteiger partial charge in [0.15, 0.2) is 0 Å². The predicted molar refractivity (Wildman–Crippen MR) is 95.7 cm³/mol. The fourth-order valence-electron chi connectivity index (χ4n) is 3.01. The molecule has 0 unspecified atom stereocenters. The lowest BCUT2D eigenvalue weighted by molar-refractivity contribution is -0.121. The summed E-state index contributed by atoms with van der Waals surface area (Å²) in [6.45, 7) is 6.73. The fourth-order valence-corrected chi connectivity index (χ4v) is 3.01. The first kappa shape index (κ1) is 18.5. The minimum absolute atomic E-state index is 0.224. The summed E-state index contributed by atoms with van der Waals surface area (Å²) in [5.74, 6) is 0.827. The standard InChI is InChI=1S/C19H29N3O2/c1-15(2)13-20-19(24)21-18(23)14-22-10-8-17(9-11-22)12-16-6-4-3-5-7-16/h3-7,15,17H,8-14H2,1-2H3,(H2,20,21,23,24). The van der Waals surface area contributed by atoms with Gasteiger partial charge in [-0.3, -0.25) is 15.0 Å². The molecule has 1 aromatic carbocycles. The summed E-state index contributed by atoms with van der Waals surface area (Å²) < 4.78 is 0. The van der Waals surface area contributed by atoms with Gasteiger partial charge in [-0.15, -0.1) is 0 Å². The number of benzene rings is 1. The lowest BCUT2D eigenvalue weighted by atomic mass is 9.90. The Balaban J connectivity index is 1.65. The van der Waals surface area contributed by atoms with Crippen LogP contribution in [0.15, 0.2) is 30.3 Å². The van der Waals surface area contributed by atoms with Crippen LogP contribution in [0.2, 0.25) is 0 Å². The first-order chi connectivity index (χ1) is 11.5. The van der Waals surface area contributed by atoms with Gasteiger partial charge in [-0.1, -0.05) is 44.2 Å². The monoisotopic (exact) mass is 331 g/mol. The van der Waals surface area contributed by atoms with E-state index in [1.54, 1.807) is 0 Å². The van der Waals surface area contributed by atoms with E-state index in [0.29, 0.717) is 24.9 Å². The maximum atomic E-state index is 11.9. The minimum Gasteiger partial charge on any atom is -0.338 e. The van der Waals surface area contributed by atoms with Crippen LogP contribution in [0, 0.1) is 11.8 Å². The summed E-state index contributed by atoms with van der Waals surface area (Å²) in [6.07, 6.45) is 3.31. The Morgan fingerprint density at radius 3 is 2.46 bits per heavy atom.